The van der Waals surface area contributed by atoms with Gasteiger partial charge in [-0.05, 0) is 38.5 Å². The molecule has 1 fully saturated rings. The highest BCUT2D eigenvalue weighted by atomic mass is 32.1. The van der Waals surface area contributed by atoms with Crippen LogP contribution in [0.4, 0.5) is 10.8 Å². The topological polar surface area (TPSA) is 140 Å². The molecule has 36 heavy (non-hydrogen) atoms. The van der Waals surface area contributed by atoms with E-state index in [0.29, 0.717) is 16.8 Å². The predicted molar refractivity (Wildman–Crippen MR) is 132 cm³/mol. The van der Waals surface area contributed by atoms with E-state index in [-0.39, 0.29) is 27.9 Å². The molecular weight excluding hydrogens is 486 g/mol. The summed E-state index contributed by atoms with van der Waals surface area (Å²) in [5.74, 6) is -2.89. The second kappa shape index (κ2) is 9.70. The van der Waals surface area contributed by atoms with Gasteiger partial charge in [0.05, 0.1) is 28.8 Å². The number of ether oxygens (including phenoxy) is 1. The van der Waals surface area contributed by atoms with Crippen molar-refractivity contribution in [2.24, 2.45) is 0 Å². The van der Waals surface area contributed by atoms with E-state index < -0.39 is 34.4 Å². The number of carbonyl (C=O) groups is 3. The summed E-state index contributed by atoms with van der Waals surface area (Å²) < 4.78 is 5.05. The zero-order chi connectivity index (χ0) is 26.1. The quantitative estimate of drug-likeness (QED) is 0.129. The van der Waals surface area contributed by atoms with Gasteiger partial charge < -0.3 is 9.84 Å². The Morgan fingerprint density at radius 3 is 2.36 bits per heavy atom. The Morgan fingerprint density at radius 1 is 1.14 bits per heavy atom. The summed E-state index contributed by atoms with van der Waals surface area (Å²) in [6, 6.07) is 10.9. The Kier molecular flexibility index (Phi) is 6.67. The average Bonchev–Trinajstić information content (AvgIpc) is 3.36. The van der Waals surface area contributed by atoms with Crippen molar-refractivity contribution >= 4 is 45.6 Å². The number of aromatic nitrogens is 1. The van der Waals surface area contributed by atoms with Crippen LogP contribution in [0.3, 0.4) is 0 Å². The smallest absolute Gasteiger partial charge is 0.350 e. The van der Waals surface area contributed by atoms with Gasteiger partial charge in [-0.2, -0.15) is 0 Å². The van der Waals surface area contributed by atoms with Crippen molar-refractivity contribution < 1.29 is 29.2 Å². The summed E-state index contributed by atoms with van der Waals surface area (Å²) in [4.78, 5) is 55.0. The van der Waals surface area contributed by atoms with E-state index in [2.05, 4.69) is 4.98 Å². The van der Waals surface area contributed by atoms with Crippen molar-refractivity contribution in [1.82, 2.24) is 4.98 Å². The van der Waals surface area contributed by atoms with Crippen LogP contribution in [0.2, 0.25) is 0 Å². The number of benzene rings is 2. The van der Waals surface area contributed by atoms with Crippen LogP contribution in [0, 0.1) is 24.0 Å². The van der Waals surface area contributed by atoms with Gasteiger partial charge in [0, 0.05) is 17.7 Å². The minimum Gasteiger partial charge on any atom is -0.507 e. The second-order valence-electron chi connectivity index (χ2n) is 8.02. The molecule has 11 heteroatoms. The van der Waals surface area contributed by atoms with Crippen LogP contribution in [0.1, 0.15) is 45.0 Å². The maximum Gasteiger partial charge on any atom is 0.350 e. The Bertz CT molecular complexity index is 1410. The van der Waals surface area contributed by atoms with E-state index in [1.807, 2.05) is 6.92 Å². The average molecular weight is 508 g/mol. The van der Waals surface area contributed by atoms with Crippen molar-refractivity contribution in [3.05, 3.63) is 91.5 Å². The Morgan fingerprint density at radius 2 is 1.78 bits per heavy atom. The van der Waals surface area contributed by atoms with Crippen LogP contribution in [0.25, 0.3) is 5.76 Å². The lowest BCUT2D eigenvalue weighted by molar-refractivity contribution is -0.384. The van der Waals surface area contributed by atoms with Crippen LogP contribution in [-0.2, 0) is 14.3 Å². The molecular formula is C25H21N3O7S. The number of ketones is 1. The number of rotatable bonds is 6. The Labute approximate surface area is 209 Å². The van der Waals surface area contributed by atoms with Crippen LogP contribution in [0.15, 0.2) is 54.1 Å². The number of non-ortho nitro benzene ring substituents is 1. The van der Waals surface area contributed by atoms with Gasteiger partial charge in [-0.15, -0.1) is 0 Å². The highest BCUT2D eigenvalue weighted by Crippen LogP contribution is 2.44. The molecule has 4 rings (SSSR count). The zero-order valence-electron chi connectivity index (χ0n) is 19.5. The van der Waals surface area contributed by atoms with Gasteiger partial charge in [-0.3, -0.25) is 24.6 Å². The molecule has 1 saturated heterocycles. The molecule has 2 aromatic carbocycles. The fourth-order valence-corrected chi connectivity index (χ4v) is 4.85. The number of nitrogens with zero attached hydrogens (tertiary/aromatic N) is 3. The first kappa shape index (κ1) is 24.7. The highest BCUT2D eigenvalue weighted by molar-refractivity contribution is 7.17. The molecule has 1 aromatic heterocycles. The van der Waals surface area contributed by atoms with E-state index >= 15 is 0 Å². The number of nitro benzene ring substituents is 1. The van der Waals surface area contributed by atoms with Gasteiger partial charge in [-0.25, -0.2) is 9.78 Å². The third kappa shape index (κ3) is 4.36. The number of aryl methyl sites for hydroxylation is 2. The number of anilines is 1. The number of aliphatic hydroxyl groups is 1. The Balaban J connectivity index is 1.91. The summed E-state index contributed by atoms with van der Waals surface area (Å²) in [5.41, 5.74) is 1.55. The molecule has 1 atom stereocenters. The lowest BCUT2D eigenvalue weighted by atomic mass is 9.95. The first-order chi connectivity index (χ1) is 17.1. The summed E-state index contributed by atoms with van der Waals surface area (Å²) >= 11 is 0.883. The molecule has 1 aliphatic rings. The fourth-order valence-electron chi connectivity index (χ4n) is 3.86. The van der Waals surface area contributed by atoms with Crippen molar-refractivity contribution in [2.75, 3.05) is 11.5 Å². The SMILES string of the molecule is CCOC(=O)c1sc(N2C(=O)C(=O)/C(=C(/O)c3ccc(C)cc3)[C@H]2c2ccc([N+](=O)[O-])cc2)nc1C. The van der Waals surface area contributed by atoms with Crippen LogP contribution < -0.4 is 4.90 Å². The minimum atomic E-state index is -1.13. The van der Waals surface area contributed by atoms with Crippen molar-refractivity contribution in [3.8, 4) is 0 Å². The van der Waals surface area contributed by atoms with Gasteiger partial charge in [0.2, 0.25) is 0 Å². The molecule has 0 bridgehead atoms. The predicted octanol–water partition coefficient (Wildman–Crippen LogP) is 4.47. The summed E-state index contributed by atoms with van der Waals surface area (Å²) in [5, 5.41) is 22.3. The van der Waals surface area contributed by atoms with Gasteiger partial charge in [0.15, 0.2) is 5.13 Å². The summed E-state index contributed by atoms with van der Waals surface area (Å²) in [6.07, 6.45) is 0. The van der Waals surface area contributed by atoms with E-state index in [4.69, 9.17) is 4.74 Å². The van der Waals surface area contributed by atoms with E-state index in [9.17, 15) is 29.6 Å². The maximum atomic E-state index is 13.3. The van der Waals surface area contributed by atoms with Crippen LogP contribution >= 0.6 is 11.3 Å². The molecule has 0 radical (unpaired) electrons. The second-order valence-corrected chi connectivity index (χ2v) is 8.99. The molecule has 1 N–H and O–H groups in total. The van der Waals surface area contributed by atoms with E-state index in [0.717, 1.165) is 21.8 Å². The molecule has 0 aliphatic carbocycles. The Hall–Kier alpha value is -4.38. The van der Waals surface area contributed by atoms with Gasteiger partial charge >= 0.3 is 11.9 Å². The number of Topliss-reactive ketones (excluding diaryl/α,β-unsaturated/α-hetero) is 1. The number of hydrogen-bond donors (Lipinski definition) is 1. The van der Waals surface area contributed by atoms with Crippen LogP contribution in [0.5, 0.6) is 0 Å². The van der Waals surface area contributed by atoms with Crippen molar-refractivity contribution in [3.63, 3.8) is 0 Å². The highest BCUT2D eigenvalue weighted by Gasteiger charge is 2.48. The largest absolute Gasteiger partial charge is 0.507 e. The monoisotopic (exact) mass is 507 g/mol. The number of aliphatic hydroxyl groups excluding tert-OH is 1. The number of nitro groups is 1. The molecule has 0 spiro atoms. The molecule has 1 aliphatic heterocycles. The first-order valence-corrected chi connectivity index (χ1v) is 11.7. The first-order valence-electron chi connectivity index (χ1n) is 10.9. The molecule has 0 unspecified atom stereocenters. The molecule has 10 nitrogen and oxygen atoms in total. The summed E-state index contributed by atoms with van der Waals surface area (Å²) in [6.45, 7) is 5.25. The molecule has 1 amide bonds. The number of amides is 1. The fraction of sp³-hybridized carbons (Fsp3) is 0.200. The van der Waals surface area contributed by atoms with Gasteiger partial charge in [0.25, 0.3) is 11.5 Å². The van der Waals surface area contributed by atoms with Crippen LogP contribution in [-0.4, -0.2) is 39.3 Å². The number of thiazole rings is 1. The third-order valence-corrected chi connectivity index (χ3v) is 6.78. The molecule has 2 heterocycles. The number of esters is 1. The van der Waals surface area contributed by atoms with Crippen molar-refractivity contribution in [2.45, 2.75) is 26.8 Å². The number of hydrogen-bond acceptors (Lipinski definition) is 9. The summed E-state index contributed by atoms with van der Waals surface area (Å²) in [7, 11) is 0. The lowest BCUT2D eigenvalue weighted by Crippen LogP contribution is -2.29. The zero-order valence-corrected chi connectivity index (χ0v) is 20.4. The van der Waals surface area contributed by atoms with Crippen molar-refractivity contribution in [1.29, 1.82) is 0 Å². The lowest BCUT2D eigenvalue weighted by Gasteiger charge is -2.23. The minimum absolute atomic E-state index is 0.0592. The maximum absolute atomic E-state index is 13.3. The number of carbonyl (C=O) groups excluding carboxylic acids is 3. The van der Waals surface area contributed by atoms with E-state index in [1.54, 1.807) is 38.1 Å². The molecule has 3 aromatic rings. The molecule has 184 valence electrons. The molecule has 0 saturated carbocycles. The normalized spacial score (nSPS) is 16.9. The third-order valence-electron chi connectivity index (χ3n) is 5.64. The standard InChI is InChI=1S/C25H21N3O7S/c1-4-35-24(32)22-14(3)26-25(36-22)27-19(15-9-11-17(12-10-15)28(33)34)18(21(30)23(27)31)20(29)16-7-5-13(2)6-8-16/h5-12,19,29H,4H2,1-3H3/b20-18+/t19-/m1/s1. The van der Waals surface area contributed by atoms with Gasteiger partial charge in [-0.1, -0.05) is 41.2 Å². The van der Waals surface area contributed by atoms with Gasteiger partial charge in [0.1, 0.15) is 10.6 Å². The van der Waals surface area contributed by atoms with E-state index in [1.165, 1.54) is 24.3 Å².